The van der Waals surface area contributed by atoms with E-state index in [1.165, 1.54) is 5.56 Å². The first-order valence-corrected chi connectivity index (χ1v) is 8.19. The molecule has 4 nitrogen and oxygen atoms in total. The van der Waals surface area contributed by atoms with Gasteiger partial charge >= 0.3 is 0 Å². The van der Waals surface area contributed by atoms with Crippen LogP contribution in [0, 0.1) is 23.7 Å². The van der Waals surface area contributed by atoms with Crippen molar-refractivity contribution in [3.05, 3.63) is 29.8 Å². The Hall–Kier alpha value is -1.84. The number of benzene rings is 1. The second-order valence-electron chi connectivity index (χ2n) is 7.09. The number of carbonyl (C=O) groups excluding carboxylic acids is 2. The minimum Gasteiger partial charge on any atom is -0.550 e. The van der Waals surface area contributed by atoms with Crippen LogP contribution < -0.4 is 10.0 Å². The van der Waals surface area contributed by atoms with Crippen LogP contribution in [-0.4, -0.2) is 17.9 Å². The van der Waals surface area contributed by atoms with Crippen molar-refractivity contribution in [3.63, 3.8) is 0 Å². The monoisotopic (exact) mass is 298 g/mol. The maximum atomic E-state index is 13.2. The number of hydrogen-bond donors (Lipinski definition) is 0. The molecular weight excluding hydrogens is 278 g/mol. The van der Waals surface area contributed by atoms with Gasteiger partial charge in [-0.15, -0.1) is 0 Å². The molecule has 2 bridgehead atoms. The Morgan fingerprint density at radius 1 is 1.14 bits per heavy atom. The molecule has 2 fully saturated rings. The Labute approximate surface area is 130 Å². The van der Waals surface area contributed by atoms with E-state index >= 15 is 0 Å². The van der Waals surface area contributed by atoms with Crippen LogP contribution in [0.1, 0.15) is 31.7 Å². The SMILES string of the molecule is C[C@@H]1Cc2ccccc2N1C(=O)[C@@H]1[C@@H]2CC[C@@H](C2)[C@@H]1C(=O)[O-]. The fourth-order valence-corrected chi connectivity index (χ4v) is 5.05. The highest BCUT2D eigenvalue weighted by Crippen LogP contribution is 2.53. The molecule has 4 rings (SSSR count). The zero-order chi connectivity index (χ0) is 15.4. The van der Waals surface area contributed by atoms with Crippen LogP contribution in [0.2, 0.25) is 0 Å². The minimum atomic E-state index is -1.04. The van der Waals surface area contributed by atoms with Crippen molar-refractivity contribution in [2.45, 2.75) is 38.6 Å². The van der Waals surface area contributed by atoms with Gasteiger partial charge in [-0.2, -0.15) is 0 Å². The van der Waals surface area contributed by atoms with Gasteiger partial charge in [-0.25, -0.2) is 0 Å². The van der Waals surface area contributed by atoms with E-state index in [1.807, 2.05) is 30.0 Å². The minimum absolute atomic E-state index is 0.00106. The summed E-state index contributed by atoms with van der Waals surface area (Å²) in [5, 5.41) is 11.6. The molecule has 2 aliphatic carbocycles. The van der Waals surface area contributed by atoms with Gasteiger partial charge in [0.05, 0.1) is 0 Å². The molecule has 0 saturated heterocycles. The van der Waals surface area contributed by atoms with Gasteiger partial charge in [-0.3, -0.25) is 4.79 Å². The number of anilines is 1. The summed E-state index contributed by atoms with van der Waals surface area (Å²) in [4.78, 5) is 26.6. The van der Waals surface area contributed by atoms with Crippen molar-refractivity contribution in [1.82, 2.24) is 0 Å². The second-order valence-corrected chi connectivity index (χ2v) is 7.09. The first-order valence-electron chi connectivity index (χ1n) is 8.19. The van der Waals surface area contributed by atoms with Gasteiger partial charge in [0.1, 0.15) is 0 Å². The predicted molar refractivity (Wildman–Crippen MR) is 79.9 cm³/mol. The van der Waals surface area contributed by atoms with Crippen LogP contribution in [0.25, 0.3) is 0 Å². The maximum Gasteiger partial charge on any atom is 0.231 e. The van der Waals surface area contributed by atoms with Gasteiger partial charge in [-0.1, -0.05) is 18.2 Å². The van der Waals surface area contributed by atoms with Gasteiger partial charge in [0.25, 0.3) is 0 Å². The van der Waals surface area contributed by atoms with Crippen LogP contribution in [0.15, 0.2) is 24.3 Å². The zero-order valence-electron chi connectivity index (χ0n) is 12.7. The molecule has 0 unspecified atom stereocenters. The summed E-state index contributed by atoms with van der Waals surface area (Å²) in [6, 6.07) is 8.05. The lowest BCUT2D eigenvalue weighted by molar-refractivity contribution is -0.314. The Kier molecular flexibility index (Phi) is 3.03. The first-order chi connectivity index (χ1) is 10.6. The summed E-state index contributed by atoms with van der Waals surface area (Å²) >= 11 is 0. The topological polar surface area (TPSA) is 60.4 Å². The molecular formula is C18H20NO3-. The van der Waals surface area contributed by atoms with Crippen molar-refractivity contribution < 1.29 is 14.7 Å². The Balaban J connectivity index is 1.68. The van der Waals surface area contributed by atoms with E-state index in [1.54, 1.807) is 0 Å². The molecule has 2 saturated carbocycles. The van der Waals surface area contributed by atoms with E-state index < -0.39 is 17.8 Å². The number of amides is 1. The molecule has 1 aliphatic heterocycles. The van der Waals surface area contributed by atoms with E-state index in [4.69, 9.17) is 0 Å². The lowest BCUT2D eigenvalue weighted by Gasteiger charge is -2.35. The molecule has 1 aromatic carbocycles. The molecule has 1 heterocycles. The Morgan fingerprint density at radius 2 is 1.82 bits per heavy atom. The van der Waals surface area contributed by atoms with Crippen LogP contribution in [0.5, 0.6) is 0 Å². The molecule has 22 heavy (non-hydrogen) atoms. The van der Waals surface area contributed by atoms with Crippen molar-refractivity contribution in [2.24, 2.45) is 23.7 Å². The number of para-hydroxylation sites is 1. The highest BCUT2D eigenvalue weighted by atomic mass is 16.4. The summed E-state index contributed by atoms with van der Waals surface area (Å²) in [6.07, 6.45) is 3.63. The highest BCUT2D eigenvalue weighted by molar-refractivity contribution is 6.00. The molecule has 0 aromatic heterocycles. The molecule has 0 radical (unpaired) electrons. The summed E-state index contributed by atoms with van der Waals surface area (Å²) < 4.78 is 0. The largest absolute Gasteiger partial charge is 0.550 e. The summed E-state index contributed by atoms with van der Waals surface area (Å²) in [7, 11) is 0. The number of aliphatic carboxylic acids is 1. The maximum absolute atomic E-state index is 13.2. The Morgan fingerprint density at radius 3 is 2.55 bits per heavy atom. The van der Waals surface area contributed by atoms with Gasteiger partial charge in [0.2, 0.25) is 5.91 Å². The van der Waals surface area contributed by atoms with Crippen molar-refractivity contribution in [1.29, 1.82) is 0 Å². The third kappa shape index (κ3) is 1.82. The fraction of sp³-hybridized carbons (Fsp3) is 0.556. The average Bonchev–Trinajstić information content (AvgIpc) is 3.17. The third-order valence-electron chi connectivity index (χ3n) is 5.92. The lowest BCUT2D eigenvalue weighted by atomic mass is 9.78. The summed E-state index contributed by atoms with van der Waals surface area (Å²) in [5.41, 5.74) is 2.14. The lowest BCUT2D eigenvalue weighted by Crippen LogP contribution is -2.48. The van der Waals surface area contributed by atoms with Gasteiger partial charge in [-0.05, 0) is 56.1 Å². The normalized spacial score (nSPS) is 35.7. The zero-order valence-corrected chi connectivity index (χ0v) is 12.7. The molecule has 116 valence electrons. The molecule has 5 atom stereocenters. The number of fused-ring (bicyclic) bond motifs is 3. The number of nitrogens with zero attached hydrogens (tertiary/aromatic N) is 1. The standard InChI is InChI=1S/C18H21NO3/c1-10-8-11-4-2-3-5-14(11)19(10)17(20)15-12-6-7-13(9-12)16(15)18(21)22/h2-5,10,12-13,15-16H,6-9H2,1H3,(H,21,22)/p-1/t10-,12-,13+,15-,16+/m1/s1. The van der Waals surface area contributed by atoms with Crippen LogP contribution >= 0.6 is 0 Å². The first kappa shape index (κ1) is 13.8. The van der Waals surface area contributed by atoms with Crippen LogP contribution in [-0.2, 0) is 16.0 Å². The average molecular weight is 298 g/mol. The summed E-state index contributed by atoms with van der Waals surface area (Å²) in [5.74, 6) is -1.66. The summed E-state index contributed by atoms with van der Waals surface area (Å²) in [6.45, 7) is 2.04. The number of carboxylic acids is 1. The predicted octanol–water partition coefficient (Wildman–Crippen LogP) is 1.38. The van der Waals surface area contributed by atoms with E-state index in [0.717, 1.165) is 31.4 Å². The van der Waals surface area contributed by atoms with Crippen molar-refractivity contribution in [3.8, 4) is 0 Å². The van der Waals surface area contributed by atoms with Gasteiger partial charge < -0.3 is 14.8 Å². The fourth-order valence-electron chi connectivity index (χ4n) is 5.05. The molecule has 4 heteroatoms. The quantitative estimate of drug-likeness (QED) is 0.828. The molecule has 3 aliphatic rings. The molecule has 0 N–H and O–H groups in total. The number of hydrogen-bond acceptors (Lipinski definition) is 3. The highest BCUT2D eigenvalue weighted by Gasteiger charge is 2.53. The molecule has 1 aromatic rings. The van der Waals surface area contributed by atoms with Crippen molar-refractivity contribution in [2.75, 3.05) is 4.90 Å². The Bertz CT molecular complexity index is 641. The van der Waals surface area contributed by atoms with E-state index in [2.05, 4.69) is 6.07 Å². The van der Waals surface area contributed by atoms with Gasteiger partial charge in [0.15, 0.2) is 0 Å². The second kappa shape index (κ2) is 4.83. The van der Waals surface area contributed by atoms with Crippen LogP contribution in [0.3, 0.4) is 0 Å². The third-order valence-corrected chi connectivity index (χ3v) is 5.92. The number of carbonyl (C=O) groups is 2. The number of rotatable bonds is 2. The number of carboxylic acid groups (broad SMARTS) is 1. The van der Waals surface area contributed by atoms with E-state index in [-0.39, 0.29) is 23.8 Å². The van der Waals surface area contributed by atoms with E-state index in [9.17, 15) is 14.7 Å². The smallest absolute Gasteiger partial charge is 0.231 e. The van der Waals surface area contributed by atoms with Crippen LogP contribution in [0.4, 0.5) is 5.69 Å². The molecule has 0 spiro atoms. The van der Waals surface area contributed by atoms with E-state index in [0.29, 0.717) is 0 Å². The van der Waals surface area contributed by atoms with Crippen molar-refractivity contribution >= 4 is 17.6 Å². The molecule has 1 amide bonds. The van der Waals surface area contributed by atoms with Gasteiger partial charge in [0, 0.05) is 29.5 Å².